The normalized spacial score (nSPS) is 17.6. The van der Waals surface area contributed by atoms with Crippen molar-refractivity contribution in [1.82, 2.24) is 14.9 Å². The molecule has 3 rings (SSSR count). The predicted octanol–water partition coefficient (Wildman–Crippen LogP) is 3.72. The number of amides is 1. The van der Waals surface area contributed by atoms with E-state index in [0.717, 1.165) is 23.4 Å². The number of rotatable bonds is 3. The van der Waals surface area contributed by atoms with Crippen molar-refractivity contribution in [2.24, 2.45) is 0 Å². The Morgan fingerprint density at radius 2 is 2.12 bits per heavy atom. The van der Waals surface area contributed by atoms with Crippen molar-refractivity contribution in [3.63, 3.8) is 0 Å². The summed E-state index contributed by atoms with van der Waals surface area (Å²) in [6.07, 6.45) is 4.62. The third-order valence-electron chi connectivity index (χ3n) is 3.70. The van der Waals surface area contributed by atoms with Crippen LogP contribution in [0.4, 0.5) is 4.39 Å². The number of likely N-dealkylation sites (tertiary alicyclic amines) is 1. The summed E-state index contributed by atoms with van der Waals surface area (Å²) in [7, 11) is 0. The number of nitrogens with zero attached hydrogens (tertiary/aromatic N) is 3. The highest BCUT2D eigenvalue weighted by Crippen LogP contribution is 2.22. The Kier molecular flexibility index (Phi) is 5.30. The van der Waals surface area contributed by atoms with Gasteiger partial charge in [0.1, 0.15) is 11.9 Å². The summed E-state index contributed by atoms with van der Waals surface area (Å²) in [5.74, 6) is -0.700. The molecule has 0 saturated carbocycles. The van der Waals surface area contributed by atoms with Crippen LogP contribution in [0.1, 0.15) is 23.2 Å². The van der Waals surface area contributed by atoms with E-state index in [-0.39, 0.29) is 23.0 Å². The first kappa shape index (κ1) is 17.1. The van der Waals surface area contributed by atoms with Crippen LogP contribution in [0.15, 0.2) is 35.1 Å². The average Bonchev–Trinajstić information content (AvgIpc) is 2.57. The predicted molar refractivity (Wildman–Crippen MR) is 90.7 cm³/mol. The van der Waals surface area contributed by atoms with Crippen LogP contribution in [0.5, 0.6) is 6.01 Å². The smallest absolute Gasteiger partial charge is 0.316 e. The molecule has 5 nitrogen and oxygen atoms in total. The summed E-state index contributed by atoms with van der Waals surface area (Å²) in [6, 6.07) is 4.05. The lowest BCUT2D eigenvalue weighted by molar-refractivity contribution is 0.0516. The highest BCUT2D eigenvalue weighted by molar-refractivity contribution is 9.10. The molecule has 0 aliphatic carbocycles. The van der Waals surface area contributed by atoms with Crippen molar-refractivity contribution in [2.45, 2.75) is 18.9 Å². The zero-order valence-corrected chi connectivity index (χ0v) is 14.9. The van der Waals surface area contributed by atoms with E-state index >= 15 is 0 Å². The minimum Gasteiger partial charge on any atom is -0.458 e. The fraction of sp³-hybridized carbons (Fsp3) is 0.312. The Balaban J connectivity index is 1.68. The molecule has 1 atom stereocenters. The topological polar surface area (TPSA) is 55.3 Å². The first-order valence-corrected chi connectivity index (χ1v) is 8.58. The quantitative estimate of drug-likeness (QED) is 0.768. The maximum atomic E-state index is 13.1. The molecule has 1 saturated heterocycles. The molecule has 0 bridgehead atoms. The number of hydrogen-bond acceptors (Lipinski definition) is 4. The molecular weight excluding hydrogens is 401 g/mol. The Morgan fingerprint density at radius 1 is 1.38 bits per heavy atom. The average molecular weight is 415 g/mol. The van der Waals surface area contributed by atoms with E-state index in [2.05, 4.69) is 25.9 Å². The molecule has 8 heteroatoms. The van der Waals surface area contributed by atoms with Gasteiger partial charge in [-0.1, -0.05) is 11.6 Å². The minimum atomic E-state index is -0.469. The third kappa shape index (κ3) is 4.02. The van der Waals surface area contributed by atoms with Crippen molar-refractivity contribution in [3.8, 4) is 6.01 Å². The van der Waals surface area contributed by atoms with Gasteiger partial charge in [0.25, 0.3) is 5.91 Å². The van der Waals surface area contributed by atoms with E-state index in [0.29, 0.717) is 18.7 Å². The zero-order chi connectivity index (χ0) is 17.1. The van der Waals surface area contributed by atoms with E-state index in [1.54, 1.807) is 17.3 Å². The molecular formula is C16H14BrClFN3O2. The van der Waals surface area contributed by atoms with Gasteiger partial charge in [0, 0.05) is 18.9 Å². The molecule has 1 aliphatic rings. The van der Waals surface area contributed by atoms with Gasteiger partial charge in [-0.25, -0.2) is 14.4 Å². The molecule has 0 spiro atoms. The van der Waals surface area contributed by atoms with Crippen LogP contribution in [0, 0.1) is 5.82 Å². The molecule has 1 amide bonds. The first-order chi connectivity index (χ1) is 11.5. The highest BCUT2D eigenvalue weighted by Gasteiger charge is 2.27. The van der Waals surface area contributed by atoms with Crippen molar-refractivity contribution in [2.75, 3.05) is 13.1 Å². The molecule has 0 N–H and O–H groups in total. The van der Waals surface area contributed by atoms with Gasteiger partial charge in [-0.05, 0) is 47.0 Å². The molecule has 1 aromatic carbocycles. The monoisotopic (exact) mass is 413 g/mol. The molecule has 126 valence electrons. The fourth-order valence-electron chi connectivity index (χ4n) is 2.56. The number of ether oxygens (including phenoxy) is 1. The molecule has 1 aliphatic heterocycles. The van der Waals surface area contributed by atoms with Gasteiger partial charge in [-0.2, -0.15) is 0 Å². The van der Waals surface area contributed by atoms with E-state index in [9.17, 15) is 9.18 Å². The number of piperidine rings is 1. The second kappa shape index (κ2) is 7.44. The Hall–Kier alpha value is -1.73. The van der Waals surface area contributed by atoms with Gasteiger partial charge >= 0.3 is 6.01 Å². The molecule has 2 heterocycles. The number of carbonyl (C=O) groups is 1. The second-order valence-electron chi connectivity index (χ2n) is 5.44. The van der Waals surface area contributed by atoms with Crippen LogP contribution in [-0.4, -0.2) is 40.0 Å². The van der Waals surface area contributed by atoms with Crippen molar-refractivity contribution < 1.29 is 13.9 Å². The van der Waals surface area contributed by atoms with Crippen LogP contribution in [-0.2, 0) is 0 Å². The molecule has 2 aromatic rings. The first-order valence-electron chi connectivity index (χ1n) is 7.41. The number of benzene rings is 1. The number of carbonyl (C=O) groups excluding carboxylic acids is 1. The number of halogens is 3. The summed E-state index contributed by atoms with van der Waals surface area (Å²) in [5, 5.41) is 0.110. The van der Waals surface area contributed by atoms with Crippen LogP contribution < -0.4 is 4.74 Å². The highest BCUT2D eigenvalue weighted by atomic mass is 79.9. The van der Waals surface area contributed by atoms with Crippen molar-refractivity contribution >= 4 is 33.4 Å². The molecule has 1 fully saturated rings. The molecule has 24 heavy (non-hydrogen) atoms. The van der Waals surface area contributed by atoms with Crippen LogP contribution in [0.25, 0.3) is 0 Å². The summed E-state index contributed by atoms with van der Waals surface area (Å²) in [6.45, 7) is 1.01. The summed E-state index contributed by atoms with van der Waals surface area (Å²) in [5.41, 5.74) is 0.290. The van der Waals surface area contributed by atoms with E-state index in [4.69, 9.17) is 16.3 Å². The third-order valence-corrected chi connectivity index (χ3v) is 4.42. The van der Waals surface area contributed by atoms with Gasteiger partial charge in [0.15, 0.2) is 0 Å². The molecule has 0 radical (unpaired) electrons. The van der Waals surface area contributed by atoms with Gasteiger partial charge in [-0.15, -0.1) is 0 Å². The second-order valence-corrected chi connectivity index (χ2v) is 6.76. The van der Waals surface area contributed by atoms with Crippen molar-refractivity contribution in [3.05, 3.63) is 51.5 Å². The summed E-state index contributed by atoms with van der Waals surface area (Å²) >= 11 is 9.25. The van der Waals surface area contributed by atoms with Gasteiger partial charge in [0.2, 0.25) is 0 Å². The van der Waals surface area contributed by atoms with Gasteiger partial charge < -0.3 is 9.64 Å². The summed E-state index contributed by atoms with van der Waals surface area (Å²) < 4.78 is 19.7. The Bertz CT molecular complexity index is 745. The van der Waals surface area contributed by atoms with E-state index < -0.39 is 5.82 Å². The minimum absolute atomic E-state index is 0.110. The lowest BCUT2D eigenvalue weighted by atomic mass is 10.1. The zero-order valence-electron chi connectivity index (χ0n) is 12.6. The standard InChI is InChI=1S/C16H14BrClFN3O2/c17-10-7-20-16(21-8-10)24-12-2-1-5-22(9-12)15(23)13-4-3-11(19)6-14(13)18/h3-4,6-8,12H,1-2,5,9H2. The van der Waals surface area contributed by atoms with Crippen molar-refractivity contribution in [1.29, 1.82) is 0 Å². The van der Waals surface area contributed by atoms with E-state index in [1.807, 2.05) is 0 Å². The fourth-order valence-corrected chi connectivity index (χ4v) is 3.02. The van der Waals surface area contributed by atoms with Crippen LogP contribution in [0.2, 0.25) is 5.02 Å². The number of hydrogen-bond donors (Lipinski definition) is 0. The van der Waals surface area contributed by atoms with Gasteiger partial charge in [-0.3, -0.25) is 4.79 Å². The largest absolute Gasteiger partial charge is 0.458 e. The number of aromatic nitrogens is 2. The van der Waals surface area contributed by atoms with Crippen LogP contribution >= 0.6 is 27.5 Å². The maximum Gasteiger partial charge on any atom is 0.316 e. The van der Waals surface area contributed by atoms with E-state index in [1.165, 1.54) is 12.1 Å². The maximum absolute atomic E-state index is 13.1. The van der Waals surface area contributed by atoms with Gasteiger partial charge in [0.05, 0.1) is 21.6 Å². The SMILES string of the molecule is O=C(c1ccc(F)cc1Cl)N1CCCC(Oc2ncc(Br)cn2)C1. The summed E-state index contributed by atoms with van der Waals surface area (Å²) in [4.78, 5) is 22.4. The van der Waals surface area contributed by atoms with Crippen LogP contribution in [0.3, 0.4) is 0 Å². The molecule has 1 aromatic heterocycles. The Labute approximate surface area is 151 Å². The lowest BCUT2D eigenvalue weighted by Gasteiger charge is -2.32. The lowest BCUT2D eigenvalue weighted by Crippen LogP contribution is -2.44. The molecule has 1 unspecified atom stereocenters. The Morgan fingerprint density at radius 3 is 2.83 bits per heavy atom.